The largest absolute Gasteiger partial charge is 0.444 e. The van der Waals surface area contributed by atoms with Crippen LogP contribution in [-0.4, -0.2) is 23.6 Å². The summed E-state index contributed by atoms with van der Waals surface area (Å²) >= 11 is 1.64. The average molecular weight is 312 g/mol. The molecule has 21 heavy (non-hydrogen) atoms. The summed E-state index contributed by atoms with van der Waals surface area (Å²) in [5.74, 6) is -0.237. The first kappa shape index (κ1) is 17.5. The van der Waals surface area contributed by atoms with E-state index in [0.717, 1.165) is 4.88 Å². The average Bonchev–Trinajstić information content (AvgIpc) is 2.73. The van der Waals surface area contributed by atoms with Gasteiger partial charge in [-0.25, -0.2) is 4.79 Å². The van der Waals surface area contributed by atoms with Crippen LogP contribution < -0.4 is 10.6 Å². The number of alkyl carbamates (subject to hydrolysis) is 1. The van der Waals surface area contributed by atoms with E-state index < -0.39 is 17.7 Å². The van der Waals surface area contributed by atoms with E-state index in [-0.39, 0.29) is 11.9 Å². The quantitative estimate of drug-likeness (QED) is 0.897. The molecular weight excluding hydrogens is 288 g/mol. The second-order valence-electron chi connectivity index (χ2n) is 6.05. The van der Waals surface area contributed by atoms with Crippen molar-refractivity contribution < 1.29 is 14.3 Å². The highest BCUT2D eigenvalue weighted by Crippen LogP contribution is 2.22. The van der Waals surface area contributed by atoms with Crippen molar-refractivity contribution in [1.82, 2.24) is 10.6 Å². The van der Waals surface area contributed by atoms with E-state index in [0.29, 0.717) is 0 Å². The maximum atomic E-state index is 12.1. The van der Waals surface area contributed by atoms with Crippen molar-refractivity contribution in [2.24, 2.45) is 0 Å². The number of carbonyl (C=O) groups is 2. The first-order valence-corrected chi connectivity index (χ1v) is 7.76. The van der Waals surface area contributed by atoms with Crippen LogP contribution in [0.15, 0.2) is 12.1 Å². The van der Waals surface area contributed by atoms with Gasteiger partial charge in [0, 0.05) is 9.75 Å². The third-order valence-electron chi connectivity index (χ3n) is 2.67. The van der Waals surface area contributed by atoms with E-state index in [4.69, 9.17) is 4.74 Å². The molecule has 6 heteroatoms. The van der Waals surface area contributed by atoms with Gasteiger partial charge in [0.1, 0.15) is 11.6 Å². The molecule has 1 unspecified atom stereocenters. The van der Waals surface area contributed by atoms with Crippen LogP contribution in [0.4, 0.5) is 4.79 Å². The van der Waals surface area contributed by atoms with Crippen molar-refractivity contribution in [2.75, 3.05) is 0 Å². The monoisotopic (exact) mass is 312 g/mol. The predicted octanol–water partition coefficient (Wildman–Crippen LogP) is 3.15. The third-order valence-corrected chi connectivity index (χ3v) is 3.86. The highest BCUT2D eigenvalue weighted by molar-refractivity contribution is 7.12. The molecule has 0 aromatic carbocycles. The molecule has 0 saturated heterocycles. The number of aryl methyl sites for hydroxylation is 1. The molecule has 0 aliphatic heterocycles. The summed E-state index contributed by atoms with van der Waals surface area (Å²) in [4.78, 5) is 26.0. The number of rotatable bonds is 4. The van der Waals surface area contributed by atoms with Gasteiger partial charge in [-0.15, -0.1) is 11.3 Å². The normalized spacial score (nSPS) is 14.2. The van der Waals surface area contributed by atoms with Gasteiger partial charge in [-0.3, -0.25) is 4.79 Å². The zero-order valence-corrected chi connectivity index (χ0v) is 14.3. The summed E-state index contributed by atoms with van der Waals surface area (Å²) in [5.41, 5.74) is -0.581. The molecule has 2 N–H and O–H groups in total. The fourth-order valence-corrected chi connectivity index (χ4v) is 2.53. The summed E-state index contributed by atoms with van der Waals surface area (Å²) in [6.45, 7) is 10.9. The highest BCUT2D eigenvalue weighted by atomic mass is 32.1. The van der Waals surface area contributed by atoms with Gasteiger partial charge in [0.25, 0.3) is 0 Å². The topological polar surface area (TPSA) is 67.4 Å². The van der Waals surface area contributed by atoms with Crippen molar-refractivity contribution in [1.29, 1.82) is 0 Å². The lowest BCUT2D eigenvalue weighted by Crippen LogP contribution is -2.46. The Kier molecular flexibility index (Phi) is 5.78. The van der Waals surface area contributed by atoms with Gasteiger partial charge in [-0.05, 0) is 53.7 Å². The van der Waals surface area contributed by atoms with E-state index in [1.54, 1.807) is 39.0 Å². The van der Waals surface area contributed by atoms with Gasteiger partial charge in [0.05, 0.1) is 6.04 Å². The first-order valence-electron chi connectivity index (χ1n) is 6.94. The van der Waals surface area contributed by atoms with E-state index in [9.17, 15) is 9.59 Å². The van der Waals surface area contributed by atoms with Crippen LogP contribution in [0.3, 0.4) is 0 Å². The van der Waals surface area contributed by atoms with Crippen molar-refractivity contribution in [3.8, 4) is 0 Å². The molecule has 0 bridgehead atoms. The van der Waals surface area contributed by atoms with Crippen molar-refractivity contribution in [3.05, 3.63) is 21.9 Å². The van der Waals surface area contributed by atoms with Crippen LogP contribution >= 0.6 is 11.3 Å². The highest BCUT2D eigenvalue weighted by Gasteiger charge is 2.22. The van der Waals surface area contributed by atoms with Crippen molar-refractivity contribution >= 4 is 23.3 Å². The van der Waals surface area contributed by atoms with Crippen molar-refractivity contribution in [2.45, 2.75) is 59.2 Å². The fraction of sp³-hybridized carbons (Fsp3) is 0.600. The second-order valence-corrected chi connectivity index (χ2v) is 7.37. The molecule has 0 aliphatic rings. The van der Waals surface area contributed by atoms with Crippen LogP contribution in [0.5, 0.6) is 0 Å². The number of ether oxygens (including phenoxy) is 1. The van der Waals surface area contributed by atoms with Gasteiger partial charge in [-0.2, -0.15) is 0 Å². The summed E-state index contributed by atoms with van der Waals surface area (Å²) in [7, 11) is 0. The lowest BCUT2D eigenvalue weighted by Gasteiger charge is -2.22. The number of amides is 2. The molecule has 1 aromatic heterocycles. The van der Waals surface area contributed by atoms with Gasteiger partial charge < -0.3 is 15.4 Å². The van der Waals surface area contributed by atoms with E-state index in [1.165, 1.54) is 4.88 Å². The lowest BCUT2D eigenvalue weighted by atomic mass is 10.2. The first-order chi connectivity index (χ1) is 9.58. The minimum Gasteiger partial charge on any atom is -0.444 e. The maximum Gasteiger partial charge on any atom is 0.408 e. The zero-order valence-electron chi connectivity index (χ0n) is 13.4. The molecule has 0 saturated carbocycles. The zero-order chi connectivity index (χ0) is 16.2. The predicted molar refractivity (Wildman–Crippen MR) is 84.4 cm³/mol. The minimum absolute atomic E-state index is 0.0842. The van der Waals surface area contributed by atoms with Crippen LogP contribution in [0, 0.1) is 6.92 Å². The number of hydrogen-bond donors (Lipinski definition) is 2. The summed E-state index contributed by atoms with van der Waals surface area (Å²) in [6.07, 6.45) is -0.593. The van der Waals surface area contributed by atoms with Crippen molar-refractivity contribution in [3.63, 3.8) is 0 Å². The van der Waals surface area contributed by atoms with Crippen LogP contribution in [-0.2, 0) is 9.53 Å². The Balaban J connectivity index is 2.49. The molecule has 1 aromatic rings. The summed E-state index contributed by atoms with van der Waals surface area (Å²) < 4.78 is 5.12. The number of hydrogen-bond acceptors (Lipinski definition) is 4. The molecule has 2 atom stereocenters. The van der Waals surface area contributed by atoms with E-state index >= 15 is 0 Å². The molecule has 5 nitrogen and oxygen atoms in total. The molecule has 0 spiro atoms. The molecule has 1 heterocycles. The number of thiophene rings is 1. The summed E-state index contributed by atoms with van der Waals surface area (Å²) in [5, 5.41) is 5.41. The Morgan fingerprint density at radius 1 is 1.19 bits per heavy atom. The van der Waals surface area contributed by atoms with Crippen LogP contribution in [0.2, 0.25) is 0 Å². The third kappa shape index (κ3) is 6.16. The Hall–Kier alpha value is -1.56. The van der Waals surface area contributed by atoms with Gasteiger partial charge in [-0.1, -0.05) is 0 Å². The fourth-order valence-electron chi connectivity index (χ4n) is 1.65. The van der Waals surface area contributed by atoms with E-state index in [1.807, 2.05) is 26.0 Å². The van der Waals surface area contributed by atoms with E-state index in [2.05, 4.69) is 10.6 Å². The maximum absolute atomic E-state index is 12.1. The van der Waals surface area contributed by atoms with Crippen LogP contribution in [0.25, 0.3) is 0 Å². The van der Waals surface area contributed by atoms with Gasteiger partial charge >= 0.3 is 6.09 Å². The molecule has 118 valence electrons. The van der Waals surface area contributed by atoms with Gasteiger partial charge in [0.2, 0.25) is 5.91 Å². The Morgan fingerprint density at radius 2 is 1.81 bits per heavy atom. The molecule has 1 rings (SSSR count). The standard InChI is InChI=1S/C15H24N2O3S/c1-9-7-8-12(21-9)10(2)16-13(18)11(3)17-14(19)20-15(4,5)6/h7-8,10-11H,1-6H3,(H,16,18)(H,17,19)/t10?,11-/m1/s1. The molecule has 0 radical (unpaired) electrons. The lowest BCUT2D eigenvalue weighted by molar-refractivity contribution is -0.123. The molecular formula is C15H24N2O3S. The SMILES string of the molecule is Cc1ccc(C(C)NC(=O)[C@@H](C)NC(=O)OC(C)(C)C)s1. The number of nitrogens with one attached hydrogen (secondary N) is 2. The smallest absolute Gasteiger partial charge is 0.408 e. The summed E-state index contributed by atoms with van der Waals surface area (Å²) in [6, 6.07) is 3.28. The second kappa shape index (κ2) is 6.93. The Morgan fingerprint density at radius 3 is 2.29 bits per heavy atom. The Bertz CT molecular complexity index is 505. The molecule has 2 amide bonds. The Labute approximate surface area is 130 Å². The van der Waals surface area contributed by atoms with Crippen LogP contribution in [0.1, 0.15) is 50.4 Å². The van der Waals surface area contributed by atoms with Gasteiger partial charge in [0.15, 0.2) is 0 Å². The molecule has 0 fully saturated rings. The minimum atomic E-state index is -0.650. The number of carbonyl (C=O) groups excluding carboxylic acids is 2. The molecule has 0 aliphatic carbocycles.